The molecule has 0 aromatic carbocycles. The van der Waals surface area contributed by atoms with Gasteiger partial charge in [-0.15, -0.1) is 0 Å². The normalized spacial score (nSPS) is 16.7. The lowest BCUT2D eigenvalue weighted by Crippen LogP contribution is -2.29. The molecule has 0 aliphatic carbocycles. The summed E-state index contributed by atoms with van der Waals surface area (Å²) < 4.78 is 25.0. The number of anilines is 2. The molecule has 0 unspecified atom stereocenters. The first-order chi connectivity index (χ1) is 9.80. The Balaban J connectivity index is 2.49. The van der Waals surface area contributed by atoms with Crippen LogP contribution in [0.1, 0.15) is 6.42 Å². The number of aromatic nitrogens is 2. The summed E-state index contributed by atoms with van der Waals surface area (Å²) in [7, 11) is -3.60. The summed E-state index contributed by atoms with van der Waals surface area (Å²) in [6.07, 6.45) is 1.89. The maximum Gasteiger partial charge on any atom is 0.325 e. The second-order valence-electron chi connectivity index (χ2n) is 4.95. The molecule has 0 spiro atoms. The van der Waals surface area contributed by atoms with Gasteiger partial charge in [0.2, 0.25) is 0 Å². The summed E-state index contributed by atoms with van der Waals surface area (Å²) in [5.74, 6) is -1.03. The van der Waals surface area contributed by atoms with Gasteiger partial charge in [-0.2, -0.15) is 5.10 Å². The van der Waals surface area contributed by atoms with E-state index in [0.717, 1.165) is 23.9 Å². The van der Waals surface area contributed by atoms with Crippen LogP contribution in [-0.4, -0.2) is 61.7 Å². The zero-order valence-electron chi connectivity index (χ0n) is 11.7. The Labute approximate surface area is 122 Å². The van der Waals surface area contributed by atoms with Crippen molar-refractivity contribution in [1.29, 1.82) is 0 Å². The average molecular weight is 317 g/mol. The number of nitrogen functional groups attached to an aromatic ring is 1. The van der Waals surface area contributed by atoms with E-state index in [1.165, 1.54) is 0 Å². The van der Waals surface area contributed by atoms with Gasteiger partial charge in [-0.25, -0.2) is 13.1 Å². The van der Waals surface area contributed by atoms with E-state index in [9.17, 15) is 13.2 Å². The summed E-state index contributed by atoms with van der Waals surface area (Å²) in [6, 6.07) is 0. The minimum atomic E-state index is -3.60. The molecule has 1 aromatic heterocycles. The topological polar surface area (TPSA) is 131 Å². The van der Waals surface area contributed by atoms with Crippen LogP contribution < -0.4 is 16.0 Å². The van der Waals surface area contributed by atoms with Crippen LogP contribution in [0.5, 0.6) is 0 Å². The maximum absolute atomic E-state index is 12.0. The van der Waals surface area contributed by atoms with E-state index in [4.69, 9.17) is 10.8 Å². The summed E-state index contributed by atoms with van der Waals surface area (Å²) >= 11 is 0. The molecule has 1 aliphatic heterocycles. The molecule has 0 saturated carbocycles. The monoisotopic (exact) mass is 317 g/mol. The van der Waals surface area contributed by atoms with E-state index in [1.54, 1.807) is 0 Å². The molecule has 10 heteroatoms. The molecule has 118 valence electrons. The molecule has 1 aromatic rings. The molecule has 0 amide bonds. The summed E-state index contributed by atoms with van der Waals surface area (Å²) in [5, 5.41) is 16.2. The van der Waals surface area contributed by atoms with Crippen LogP contribution in [0.15, 0.2) is 4.90 Å². The molecule has 1 saturated heterocycles. The first-order valence-corrected chi connectivity index (χ1v) is 8.43. The smallest absolute Gasteiger partial charge is 0.325 e. The lowest BCUT2D eigenvalue weighted by atomic mass is 10.4. The van der Waals surface area contributed by atoms with Gasteiger partial charge in [-0.3, -0.25) is 4.79 Å². The van der Waals surface area contributed by atoms with Crippen molar-refractivity contribution in [3.63, 3.8) is 0 Å². The van der Waals surface area contributed by atoms with Crippen molar-refractivity contribution < 1.29 is 18.3 Å². The van der Waals surface area contributed by atoms with Crippen LogP contribution in [0.4, 0.5) is 11.6 Å². The molecule has 2 heterocycles. The first-order valence-electron chi connectivity index (χ1n) is 6.54. The Bertz CT molecular complexity index is 631. The van der Waals surface area contributed by atoms with Gasteiger partial charge in [0.05, 0.1) is 0 Å². The number of nitrogens with two attached hydrogens (primary N) is 1. The average Bonchev–Trinajstić information content (AvgIpc) is 2.57. The van der Waals surface area contributed by atoms with Crippen LogP contribution >= 0.6 is 0 Å². The van der Waals surface area contributed by atoms with E-state index in [-0.39, 0.29) is 16.5 Å². The van der Waals surface area contributed by atoms with E-state index >= 15 is 0 Å². The highest BCUT2D eigenvalue weighted by molar-refractivity contribution is 7.91. The van der Waals surface area contributed by atoms with Gasteiger partial charge < -0.3 is 21.1 Å². The molecule has 0 atom stereocenters. The molecule has 1 fully saturated rings. The number of rotatable bonds is 4. The number of aliphatic carboxylic acids is 1. The minimum absolute atomic E-state index is 0.0920. The highest BCUT2D eigenvalue weighted by Crippen LogP contribution is 2.30. The Morgan fingerprint density at radius 2 is 2.14 bits per heavy atom. The largest absolute Gasteiger partial charge is 0.480 e. The van der Waals surface area contributed by atoms with Crippen LogP contribution in [0.25, 0.3) is 0 Å². The summed E-state index contributed by atoms with van der Waals surface area (Å²) in [5.41, 5.74) is 5.80. The molecule has 2 rings (SSSR count). The maximum atomic E-state index is 12.0. The number of sulfone groups is 1. The predicted octanol–water partition coefficient (Wildman–Crippen LogP) is -1.25. The van der Waals surface area contributed by atoms with Crippen molar-refractivity contribution >= 4 is 27.4 Å². The Hall–Kier alpha value is -1.81. The molecular formula is C11H19N5O4S. The van der Waals surface area contributed by atoms with Crippen molar-refractivity contribution in [3.8, 4) is 0 Å². The number of hydrogen-bond acceptors (Lipinski definition) is 7. The number of hydrogen-bond donors (Lipinski definition) is 3. The zero-order chi connectivity index (χ0) is 15.6. The predicted molar refractivity (Wildman–Crippen MR) is 77.1 cm³/mol. The highest BCUT2D eigenvalue weighted by atomic mass is 32.2. The first kappa shape index (κ1) is 15.6. The van der Waals surface area contributed by atoms with Gasteiger partial charge in [-0.05, 0) is 13.0 Å². The summed E-state index contributed by atoms with van der Waals surface area (Å²) in [6.45, 7) is 2.30. The molecular weight excluding hydrogens is 298 g/mol. The fourth-order valence-electron chi connectivity index (χ4n) is 2.31. The van der Waals surface area contributed by atoms with Crippen molar-refractivity contribution in [2.75, 3.05) is 43.1 Å². The van der Waals surface area contributed by atoms with Crippen LogP contribution in [0.3, 0.4) is 0 Å². The molecule has 0 bridgehead atoms. The van der Waals surface area contributed by atoms with Crippen LogP contribution in [0, 0.1) is 0 Å². The number of carboxylic acids is 1. The molecule has 1 aliphatic rings. The number of nitrogens with one attached hydrogen (secondary N) is 1. The minimum Gasteiger partial charge on any atom is -0.480 e. The number of carbonyl (C=O) groups is 1. The SMILES string of the molecule is CS(=O)(=O)c1c(N2CCCNCC2)nn(CC(=O)O)c1N. The molecule has 21 heavy (non-hydrogen) atoms. The number of carboxylic acid groups (broad SMARTS) is 1. The van der Waals surface area contributed by atoms with Gasteiger partial charge in [0.25, 0.3) is 0 Å². The Morgan fingerprint density at radius 1 is 1.43 bits per heavy atom. The van der Waals surface area contributed by atoms with E-state index < -0.39 is 22.4 Å². The van der Waals surface area contributed by atoms with Crippen molar-refractivity contribution in [2.45, 2.75) is 17.9 Å². The third-order valence-corrected chi connectivity index (χ3v) is 4.36. The third kappa shape index (κ3) is 3.45. The number of nitrogens with zero attached hydrogens (tertiary/aromatic N) is 3. The van der Waals surface area contributed by atoms with E-state index in [1.807, 2.05) is 4.90 Å². The Morgan fingerprint density at radius 3 is 2.76 bits per heavy atom. The zero-order valence-corrected chi connectivity index (χ0v) is 12.6. The van der Waals surface area contributed by atoms with Crippen LogP contribution in [-0.2, 0) is 21.2 Å². The quantitative estimate of drug-likeness (QED) is 0.628. The fraction of sp³-hybridized carbons (Fsp3) is 0.636. The van der Waals surface area contributed by atoms with Crippen LogP contribution in [0.2, 0.25) is 0 Å². The van der Waals surface area contributed by atoms with E-state index in [2.05, 4.69) is 10.4 Å². The second-order valence-corrected chi connectivity index (χ2v) is 6.90. The molecule has 4 N–H and O–H groups in total. The lowest BCUT2D eigenvalue weighted by molar-refractivity contribution is -0.137. The standard InChI is InChI=1S/C11H19N5O4S/c1-21(19,20)9-10(12)16(7-8(17)18)14-11(9)15-5-2-3-13-4-6-15/h13H,2-7,12H2,1H3,(H,17,18). The van der Waals surface area contributed by atoms with Crippen molar-refractivity contribution in [1.82, 2.24) is 15.1 Å². The fourth-order valence-corrected chi connectivity index (χ4v) is 3.30. The highest BCUT2D eigenvalue weighted by Gasteiger charge is 2.28. The Kier molecular flexibility index (Phi) is 4.37. The van der Waals surface area contributed by atoms with Gasteiger partial charge in [-0.1, -0.05) is 0 Å². The molecule has 0 radical (unpaired) electrons. The lowest BCUT2D eigenvalue weighted by Gasteiger charge is -2.20. The van der Waals surface area contributed by atoms with Gasteiger partial charge in [0.1, 0.15) is 12.4 Å². The summed E-state index contributed by atoms with van der Waals surface area (Å²) in [4.78, 5) is 12.6. The van der Waals surface area contributed by atoms with Gasteiger partial charge in [0, 0.05) is 25.9 Å². The van der Waals surface area contributed by atoms with Gasteiger partial charge in [0.15, 0.2) is 20.6 Å². The van der Waals surface area contributed by atoms with Crippen molar-refractivity contribution in [2.24, 2.45) is 0 Å². The van der Waals surface area contributed by atoms with E-state index in [0.29, 0.717) is 19.6 Å². The van der Waals surface area contributed by atoms with Crippen molar-refractivity contribution in [3.05, 3.63) is 0 Å². The van der Waals surface area contributed by atoms with Gasteiger partial charge >= 0.3 is 5.97 Å². The second kappa shape index (κ2) is 5.90. The third-order valence-electron chi connectivity index (χ3n) is 3.22. The molecule has 9 nitrogen and oxygen atoms in total.